The lowest BCUT2D eigenvalue weighted by Gasteiger charge is -2.14. The van der Waals surface area contributed by atoms with E-state index in [0.29, 0.717) is 33.4 Å². The quantitative estimate of drug-likeness (QED) is 0.127. The van der Waals surface area contributed by atoms with Gasteiger partial charge in [-0.05, 0) is 44.5 Å². The second kappa shape index (κ2) is 9.77. The molecule has 0 aliphatic heterocycles. The summed E-state index contributed by atoms with van der Waals surface area (Å²) in [6.45, 7) is 0. The highest BCUT2D eigenvalue weighted by Gasteiger charge is 2.27. The first-order valence-electron chi connectivity index (χ1n) is 13.1. The maximum Gasteiger partial charge on any atom is 0.170 e. The first-order valence-corrected chi connectivity index (χ1v) is 13.1. The minimum Gasteiger partial charge on any atom is -0.203 e. The molecule has 0 saturated carbocycles. The Hall–Kier alpha value is -5.10. The Labute approximate surface area is 237 Å². The number of halogens is 6. The van der Waals surface area contributed by atoms with Crippen LogP contribution >= 0.6 is 0 Å². The van der Waals surface area contributed by atoms with Crippen LogP contribution in [-0.2, 0) is 0 Å². The van der Waals surface area contributed by atoms with Crippen LogP contribution in [0.15, 0.2) is 109 Å². The molecule has 6 heteroatoms. The Morgan fingerprint density at radius 3 is 0.690 bits per heavy atom. The highest BCUT2D eigenvalue weighted by molar-refractivity contribution is 5.79. The van der Waals surface area contributed by atoms with Gasteiger partial charge in [0.1, 0.15) is 0 Å². The summed E-state index contributed by atoms with van der Waals surface area (Å²) in [4.78, 5) is 0. The van der Waals surface area contributed by atoms with E-state index in [1.54, 1.807) is 72.8 Å². The molecule has 0 N–H and O–H groups in total. The Morgan fingerprint density at radius 1 is 0.214 bits per heavy atom. The van der Waals surface area contributed by atoms with Crippen molar-refractivity contribution in [1.29, 1.82) is 0 Å². The highest BCUT2D eigenvalue weighted by Crippen LogP contribution is 2.39. The summed E-state index contributed by atoms with van der Waals surface area (Å²) >= 11 is 0. The second-order valence-corrected chi connectivity index (χ2v) is 10.1. The van der Waals surface area contributed by atoms with Gasteiger partial charge in [-0.25, -0.2) is 26.3 Å². The van der Waals surface area contributed by atoms with Crippen LogP contribution in [0.5, 0.6) is 0 Å². The molecule has 22 rings (SSSR count). The second-order valence-electron chi connectivity index (χ2n) is 10.1. The van der Waals surface area contributed by atoms with Gasteiger partial charge in [0.05, 0.1) is 11.1 Å². The van der Waals surface area contributed by atoms with Crippen LogP contribution in [0, 0.1) is 34.9 Å². The number of rotatable bonds is 0. The lowest BCUT2D eigenvalue weighted by molar-refractivity contribution is 0.463. The molecule has 0 fully saturated rings. The van der Waals surface area contributed by atoms with Crippen LogP contribution in [0.4, 0.5) is 26.3 Å². The lowest BCUT2D eigenvalue weighted by Crippen LogP contribution is -2.03. The summed E-state index contributed by atoms with van der Waals surface area (Å²) in [7, 11) is 0. The fourth-order valence-corrected chi connectivity index (χ4v) is 5.48. The van der Waals surface area contributed by atoms with Crippen molar-refractivity contribution < 1.29 is 26.3 Å². The van der Waals surface area contributed by atoms with Crippen molar-refractivity contribution in [3.05, 3.63) is 144 Å². The molecule has 6 aromatic carbocycles. The Balaban J connectivity index is 1.45. The summed E-state index contributed by atoms with van der Waals surface area (Å²) in [5.41, 5.74) is 2.09. The van der Waals surface area contributed by atoms with Crippen LogP contribution in [-0.4, -0.2) is 0 Å². The van der Waals surface area contributed by atoms with Gasteiger partial charge in [-0.3, -0.25) is 0 Å². The van der Waals surface area contributed by atoms with Gasteiger partial charge in [-0.1, -0.05) is 109 Å². The van der Waals surface area contributed by atoms with Gasteiger partial charge >= 0.3 is 0 Å². The molecule has 12 bridgehead atoms. The van der Waals surface area contributed by atoms with Gasteiger partial charge in [0.25, 0.3) is 0 Å². The van der Waals surface area contributed by atoms with Crippen molar-refractivity contribution in [2.75, 3.05) is 0 Å². The first kappa shape index (κ1) is 25.8. The van der Waals surface area contributed by atoms with Gasteiger partial charge in [0.15, 0.2) is 34.9 Å². The predicted molar refractivity (Wildman–Crippen MR) is 152 cm³/mol. The van der Waals surface area contributed by atoms with Crippen LogP contribution in [0.25, 0.3) is 66.8 Å². The molecule has 0 heterocycles. The van der Waals surface area contributed by atoms with E-state index in [1.807, 2.05) is 0 Å². The van der Waals surface area contributed by atoms with Crippen molar-refractivity contribution in [1.82, 2.24) is 0 Å². The number of benzene rings is 6. The van der Waals surface area contributed by atoms with E-state index < -0.39 is 46.0 Å². The fourth-order valence-electron chi connectivity index (χ4n) is 5.48. The van der Waals surface area contributed by atoms with E-state index in [1.165, 1.54) is 36.4 Å². The smallest absolute Gasteiger partial charge is 0.170 e. The van der Waals surface area contributed by atoms with Crippen LogP contribution in [0.2, 0.25) is 0 Å². The molecule has 0 aromatic heterocycles. The molecule has 204 valence electrons. The van der Waals surface area contributed by atoms with E-state index in [2.05, 4.69) is 0 Å². The Morgan fingerprint density at radius 2 is 0.429 bits per heavy atom. The van der Waals surface area contributed by atoms with Gasteiger partial charge in [-0.15, -0.1) is 0 Å². The molecule has 0 atom stereocenters. The highest BCUT2D eigenvalue weighted by atomic mass is 19.2. The third-order valence-electron chi connectivity index (χ3n) is 7.75. The van der Waals surface area contributed by atoms with Crippen molar-refractivity contribution in [3.8, 4) is 66.8 Å². The van der Waals surface area contributed by atoms with Crippen molar-refractivity contribution in [2.24, 2.45) is 0 Å². The average Bonchev–Trinajstić information content (AvgIpc) is 3.02. The molecular formula is C36H18F6. The largest absolute Gasteiger partial charge is 0.203 e. The standard InChI is InChI=1S/C36H18F6/c37-31-27-17-18-28(32(31)38)24-11-3-20(4-12-24)22-7-15-26(16-8-22)30-35(41)33(39)29(34(40)36(30)42)25-13-5-21(6-14-25)19-1-9-23(27)10-2-19/h1-18H. The molecule has 0 amide bonds. The third kappa shape index (κ3) is 4.02. The molecule has 0 radical (unpaired) electrons. The molecule has 6 aromatic rings. The normalized spacial score (nSPS) is 11.6. The zero-order chi connectivity index (χ0) is 29.1. The van der Waals surface area contributed by atoms with E-state index in [-0.39, 0.29) is 22.3 Å². The van der Waals surface area contributed by atoms with Crippen molar-refractivity contribution >= 4 is 0 Å². The SMILES string of the molecule is Fc1c2ccc(c1F)-c1ccc(cc1)-c1ccc(cc1)-c1c(F)c(F)c(c(F)c1F)-c1ccc(cc1)-c1ccc-2cc1. The third-order valence-corrected chi connectivity index (χ3v) is 7.75. The van der Waals surface area contributed by atoms with E-state index >= 15 is 26.3 Å². The minimum atomic E-state index is -1.49. The van der Waals surface area contributed by atoms with E-state index in [9.17, 15) is 0 Å². The maximum absolute atomic E-state index is 15.3. The average molecular weight is 565 g/mol. The summed E-state index contributed by atoms with van der Waals surface area (Å²) in [6.07, 6.45) is 0. The summed E-state index contributed by atoms with van der Waals surface area (Å²) in [5.74, 6) is -7.89. The first-order chi connectivity index (χ1) is 20.3. The van der Waals surface area contributed by atoms with Gasteiger partial charge in [-0.2, -0.15) is 0 Å². The topological polar surface area (TPSA) is 0 Å². The Kier molecular flexibility index (Phi) is 6.01. The minimum absolute atomic E-state index is 0.0411. The molecule has 16 aliphatic carbocycles. The molecule has 0 saturated heterocycles. The monoisotopic (exact) mass is 564 g/mol. The molecule has 0 nitrogen and oxygen atoms in total. The zero-order valence-electron chi connectivity index (χ0n) is 21.7. The van der Waals surface area contributed by atoms with Crippen LogP contribution < -0.4 is 0 Å². The van der Waals surface area contributed by atoms with Crippen LogP contribution in [0.1, 0.15) is 0 Å². The van der Waals surface area contributed by atoms with Crippen molar-refractivity contribution in [3.63, 3.8) is 0 Å². The van der Waals surface area contributed by atoms with Crippen molar-refractivity contribution in [2.45, 2.75) is 0 Å². The van der Waals surface area contributed by atoms with Gasteiger partial charge < -0.3 is 0 Å². The summed E-state index contributed by atoms with van der Waals surface area (Å²) in [5, 5.41) is 0. The summed E-state index contributed by atoms with van der Waals surface area (Å²) < 4.78 is 91.6. The van der Waals surface area contributed by atoms with Crippen LogP contribution in [0.3, 0.4) is 0 Å². The maximum atomic E-state index is 15.3. The van der Waals surface area contributed by atoms with E-state index in [0.717, 1.165) is 0 Å². The zero-order valence-corrected chi connectivity index (χ0v) is 21.7. The summed E-state index contributed by atoms with van der Waals surface area (Å²) in [6, 6.07) is 28.2. The van der Waals surface area contributed by atoms with E-state index in [4.69, 9.17) is 0 Å². The molecule has 42 heavy (non-hydrogen) atoms. The molecule has 16 aliphatic rings. The predicted octanol–water partition coefficient (Wildman–Crippen LogP) is 10.8. The number of hydrogen-bond acceptors (Lipinski definition) is 0. The molecular weight excluding hydrogens is 546 g/mol. The van der Waals surface area contributed by atoms with Gasteiger partial charge in [0, 0.05) is 11.1 Å². The number of hydrogen-bond donors (Lipinski definition) is 0. The lowest BCUT2D eigenvalue weighted by atomic mass is 9.93. The molecule has 0 spiro atoms. The fraction of sp³-hybridized carbons (Fsp3) is 0. The Bertz CT molecular complexity index is 1820. The van der Waals surface area contributed by atoms with Gasteiger partial charge in [0.2, 0.25) is 0 Å². The molecule has 0 unspecified atom stereocenters.